The number of sulfone groups is 1. The van der Waals surface area contributed by atoms with Gasteiger partial charge < -0.3 is 4.90 Å². The number of nitrogens with zero attached hydrogens (tertiary/aromatic N) is 3. The normalized spacial score (nSPS) is 34.3. The maximum Gasteiger partial charge on any atom is 0.226 e. The molecule has 0 N–H and O–H groups in total. The molecule has 4 aliphatic carbocycles. The van der Waals surface area contributed by atoms with Gasteiger partial charge >= 0.3 is 0 Å². The molecule has 0 aromatic carbocycles. The Morgan fingerprint density at radius 3 is 2.52 bits per heavy atom. The van der Waals surface area contributed by atoms with Crippen molar-refractivity contribution in [1.29, 1.82) is 0 Å². The minimum absolute atomic E-state index is 0.0263. The molecule has 2 bridgehead atoms. The van der Waals surface area contributed by atoms with Crippen LogP contribution in [0.1, 0.15) is 63.1 Å². The maximum atomic E-state index is 13.4. The number of rotatable bonds is 4. The number of hydrogen-bond acceptors (Lipinski definition) is 4. The summed E-state index contributed by atoms with van der Waals surface area (Å²) in [5.41, 5.74) is 1.26. The van der Waals surface area contributed by atoms with E-state index in [9.17, 15) is 13.2 Å². The Kier molecular flexibility index (Phi) is 3.98. The topological polar surface area (TPSA) is 72.3 Å². The highest BCUT2D eigenvalue weighted by Crippen LogP contribution is 2.64. The van der Waals surface area contributed by atoms with E-state index >= 15 is 0 Å². The number of hydrogen-bond donors (Lipinski definition) is 0. The lowest BCUT2D eigenvalue weighted by Crippen LogP contribution is -2.56. The maximum absolute atomic E-state index is 13.4. The van der Waals surface area contributed by atoms with Gasteiger partial charge in [-0.2, -0.15) is 5.10 Å². The molecule has 0 spiro atoms. The quantitative estimate of drug-likeness (QED) is 0.790. The Morgan fingerprint density at radius 1 is 1.19 bits per heavy atom. The lowest BCUT2D eigenvalue weighted by atomic mass is 9.57. The van der Waals surface area contributed by atoms with Gasteiger partial charge in [-0.25, -0.2) is 8.42 Å². The smallest absolute Gasteiger partial charge is 0.226 e. The highest BCUT2D eigenvalue weighted by molar-refractivity contribution is 7.91. The predicted octanol–water partition coefficient (Wildman–Crippen LogP) is 2.31. The summed E-state index contributed by atoms with van der Waals surface area (Å²) in [6.07, 6.45) is 11.4. The summed E-state index contributed by atoms with van der Waals surface area (Å²) in [6.45, 7) is 1.16. The molecule has 6 nitrogen and oxygen atoms in total. The molecule has 1 aliphatic heterocycles. The summed E-state index contributed by atoms with van der Waals surface area (Å²) in [5, 5.41) is 4.34. The van der Waals surface area contributed by atoms with Crippen molar-refractivity contribution in [1.82, 2.24) is 14.7 Å². The summed E-state index contributed by atoms with van der Waals surface area (Å²) in [5.74, 6) is 0.828. The Hall–Kier alpha value is -1.37. The van der Waals surface area contributed by atoms with Gasteiger partial charge in [0, 0.05) is 36.7 Å². The molecule has 1 amide bonds. The lowest BCUT2D eigenvalue weighted by Gasteiger charge is -2.49. The zero-order chi connectivity index (χ0) is 18.8. The van der Waals surface area contributed by atoms with Gasteiger partial charge in [0.2, 0.25) is 5.91 Å². The Morgan fingerprint density at radius 2 is 1.93 bits per heavy atom. The number of fused-ring (bicyclic) bond motifs is 1. The molecular formula is C20H29N3O3S. The van der Waals surface area contributed by atoms with Crippen molar-refractivity contribution in [3.8, 4) is 0 Å². The molecule has 3 atom stereocenters. The van der Waals surface area contributed by atoms with E-state index in [1.807, 2.05) is 11.1 Å². The summed E-state index contributed by atoms with van der Waals surface area (Å²) in [7, 11) is -3.00. The Balaban J connectivity index is 1.35. The van der Waals surface area contributed by atoms with E-state index in [1.165, 1.54) is 31.2 Å². The van der Waals surface area contributed by atoms with Gasteiger partial charge in [-0.3, -0.25) is 9.48 Å². The molecule has 7 heteroatoms. The number of likely N-dealkylation sites (tertiary alicyclic amines) is 1. The first-order valence-electron chi connectivity index (χ1n) is 10.4. The molecule has 4 saturated carbocycles. The van der Waals surface area contributed by atoms with Crippen LogP contribution in [0.3, 0.4) is 0 Å². The van der Waals surface area contributed by atoms with Crippen LogP contribution in [-0.4, -0.2) is 53.6 Å². The van der Waals surface area contributed by atoms with Crippen molar-refractivity contribution in [2.75, 3.05) is 19.3 Å². The van der Waals surface area contributed by atoms with Crippen LogP contribution in [0.15, 0.2) is 12.3 Å². The van der Waals surface area contributed by atoms with Crippen LogP contribution in [0, 0.1) is 11.8 Å². The predicted molar refractivity (Wildman–Crippen MR) is 102 cm³/mol. The van der Waals surface area contributed by atoms with Crippen LogP contribution in [0.25, 0.3) is 0 Å². The minimum atomic E-state index is -3.00. The molecular weight excluding hydrogens is 362 g/mol. The molecule has 148 valence electrons. The first-order valence-corrected chi connectivity index (χ1v) is 12.4. The van der Waals surface area contributed by atoms with Crippen molar-refractivity contribution >= 4 is 15.7 Å². The Labute approximate surface area is 161 Å². The molecule has 2 heterocycles. The lowest BCUT2D eigenvalue weighted by molar-refractivity contribution is -0.145. The number of carbonyl (C=O) groups excluding carboxylic acids is 1. The van der Waals surface area contributed by atoms with E-state index in [0.717, 1.165) is 19.3 Å². The number of amides is 1. The van der Waals surface area contributed by atoms with Gasteiger partial charge in [-0.15, -0.1) is 0 Å². The molecule has 0 radical (unpaired) electrons. The molecule has 27 heavy (non-hydrogen) atoms. The standard InChI is InChI=1S/C20H29N3O3S/c1-27(25,26)16-7-11-22(12-8-16)19(24)18-14-5-9-20(18,13-14)17-6-10-21-23(17)15-3-2-4-15/h6,10,14-16,18H,2-5,7-9,11-13H2,1H3. The second-order valence-corrected chi connectivity index (χ2v) is 11.6. The number of aromatic nitrogens is 2. The van der Waals surface area contributed by atoms with Crippen LogP contribution < -0.4 is 0 Å². The van der Waals surface area contributed by atoms with E-state index < -0.39 is 9.84 Å². The fourth-order valence-corrected chi connectivity index (χ4v) is 7.20. The fourth-order valence-electron chi connectivity index (χ4n) is 6.13. The zero-order valence-electron chi connectivity index (χ0n) is 16.0. The largest absolute Gasteiger partial charge is 0.342 e. The van der Waals surface area contributed by atoms with Crippen LogP contribution >= 0.6 is 0 Å². The monoisotopic (exact) mass is 391 g/mol. The van der Waals surface area contributed by atoms with Crippen LogP contribution in [0.5, 0.6) is 0 Å². The summed E-state index contributed by atoms with van der Waals surface area (Å²) in [6, 6.07) is 2.67. The van der Waals surface area contributed by atoms with Gasteiger partial charge in [0.1, 0.15) is 9.84 Å². The van der Waals surface area contributed by atoms with Crippen molar-refractivity contribution in [3.63, 3.8) is 0 Å². The summed E-state index contributed by atoms with van der Waals surface area (Å²) < 4.78 is 25.8. The van der Waals surface area contributed by atoms with Gasteiger partial charge in [-0.1, -0.05) is 0 Å². The molecule has 6 rings (SSSR count). The van der Waals surface area contributed by atoms with Crippen LogP contribution in [0.4, 0.5) is 0 Å². The van der Waals surface area contributed by atoms with E-state index in [-0.39, 0.29) is 22.5 Å². The first kappa shape index (κ1) is 17.7. The third-order valence-corrected chi connectivity index (χ3v) is 9.56. The SMILES string of the molecule is CS(=O)(=O)C1CCN(C(=O)C2C3CCC2(c2ccnn2C2CCC2)C3)CC1. The van der Waals surface area contributed by atoms with Gasteiger partial charge in [0.25, 0.3) is 0 Å². The number of carbonyl (C=O) groups is 1. The van der Waals surface area contributed by atoms with Crippen LogP contribution in [0.2, 0.25) is 0 Å². The highest BCUT2D eigenvalue weighted by Gasteiger charge is 2.64. The molecule has 3 unspecified atom stereocenters. The zero-order valence-corrected chi connectivity index (χ0v) is 16.8. The van der Waals surface area contributed by atoms with E-state index in [1.54, 1.807) is 0 Å². The van der Waals surface area contributed by atoms with Crippen LogP contribution in [-0.2, 0) is 20.0 Å². The van der Waals surface area contributed by atoms with Crippen molar-refractivity contribution < 1.29 is 13.2 Å². The van der Waals surface area contributed by atoms with Crippen molar-refractivity contribution in [3.05, 3.63) is 18.0 Å². The fraction of sp³-hybridized carbons (Fsp3) is 0.800. The van der Waals surface area contributed by atoms with E-state index in [4.69, 9.17) is 0 Å². The second kappa shape index (κ2) is 6.06. The van der Waals surface area contributed by atoms with E-state index in [0.29, 0.717) is 37.9 Å². The highest BCUT2D eigenvalue weighted by atomic mass is 32.2. The molecule has 1 saturated heterocycles. The van der Waals surface area contributed by atoms with Gasteiger partial charge in [0.15, 0.2) is 0 Å². The second-order valence-electron chi connectivity index (χ2n) is 9.24. The third kappa shape index (κ3) is 2.60. The minimum Gasteiger partial charge on any atom is -0.342 e. The molecule has 5 fully saturated rings. The Bertz CT molecular complexity index is 848. The molecule has 1 aromatic rings. The average molecular weight is 392 g/mol. The van der Waals surface area contributed by atoms with Crippen molar-refractivity contribution in [2.24, 2.45) is 11.8 Å². The number of piperidine rings is 1. The average Bonchev–Trinajstić information content (AvgIpc) is 3.27. The molecule has 5 aliphatic rings. The molecule has 1 aromatic heterocycles. The third-order valence-electron chi connectivity index (χ3n) is 7.88. The van der Waals surface area contributed by atoms with E-state index in [2.05, 4.69) is 15.8 Å². The first-order chi connectivity index (χ1) is 12.9. The summed E-state index contributed by atoms with van der Waals surface area (Å²) >= 11 is 0. The van der Waals surface area contributed by atoms with Gasteiger partial charge in [0.05, 0.1) is 17.2 Å². The van der Waals surface area contributed by atoms with Crippen molar-refractivity contribution in [2.45, 2.75) is 68.1 Å². The van der Waals surface area contributed by atoms with Gasteiger partial charge in [-0.05, 0) is 63.4 Å². The summed E-state index contributed by atoms with van der Waals surface area (Å²) in [4.78, 5) is 15.4.